The maximum atomic E-state index is 13.2. The molecule has 1 aliphatic rings. The smallest absolute Gasteiger partial charge is 0.448 e. The van der Waals surface area contributed by atoms with Crippen LogP contribution in [0.2, 0.25) is 0 Å². The number of alkyl halides is 4. The van der Waals surface area contributed by atoms with Gasteiger partial charge in [-0.15, -0.1) is 0 Å². The molecule has 24 heavy (non-hydrogen) atoms. The van der Waals surface area contributed by atoms with Crippen LogP contribution >= 0.6 is 11.6 Å². The summed E-state index contributed by atoms with van der Waals surface area (Å²) < 4.78 is 44.6. The molecule has 1 unspecified atom stereocenters. The molecule has 0 saturated carbocycles. The number of benzene rings is 1. The van der Waals surface area contributed by atoms with Crippen molar-refractivity contribution >= 4 is 29.3 Å². The lowest BCUT2D eigenvalue weighted by atomic mass is 10.00. The Kier molecular flexibility index (Phi) is 5.03. The van der Waals surface area contributed by atoms with Gasteiger partial charge in [-0.1, -0.05) is 25.4 Å². The Morgan fingerprint density at radius 3 is 2.62 bits per heavy atom. The summed E-state index contributed by atoms with van der Waals surface area (Å²) in [6.45, 7) is 4.76. The summed E-state index contributed by atoms with van der Waals surface area (Å²) in [4.78, 5) is 11.2. The fourth-order valence-corrected chi connectivity index (χ4v) is 2.44. The van der Waals surface area contributed by atoms with Crippen molar-refractivity contribution in [3.8, 4) is 5.75 Å². The minimum atomic E-state index is -5.09. The lowest BCUT2D eigenvalue weighted by Gasteiger charge is -2.34. The first kappa shape index (κ1) is 18.4. The maximum absolute atomic E-state index is 13.2. The van der Waals surface area contributed by atoms with Crippen molar-refractivity contribution in [1.82, 2.24) is 0 Å². The normalized spacial score (nSPS) is 20.2. The number of carboxylic acid groups (broad SMARTS) is 1. The molecule has 0 spiro atoms. The molecular weight excluding hydrogens is 347 g/mol. The van der Waals surface area contributed by atoms with E-state index in [0.717, 1.165) is 12.5 Å². The van der Waals surface area contributed by atoms with Gasteiger partial charge in [0, 0.05) is 23.9 Å². The molecule has 1 heterocycles. The summed E-state index contributed by atoms with van der Waals surface area (Å²) in [5.41, 5.74) is -0.269. The van der Waals surface area contributed by atoms with Crippen molar-refractivity contribution in [1.29, 1.82) is 0 Å². The lowest BCUT2D eigenvalue weighted by molar-refractivity contribution is -0.204. The number of nitrogens with one attached hydrogen (secondary N) is 1. The van der Waals surface area contributed by atoms with Crippen LogP contribution in [0.3, 0.4) is 0 Å². The molecule has 4 nitrogen and oxygen atoms in total. The number of fused-ring (bicyclic) bond motifs is 1. The van der Waals surface area contributed by atoms with E-state index < -0.39 is 22.8 Å². The summed E-state index contributed by atoms with van der Waals surface area (Å²) in [5, 5.41) is 8.71. The topological polar surface area (TPSA) is 58.6 Å². The van der Waals surface area contributed by atoms with E-state index in [0.29, 0.717) is 18.2 Å². The molecule has 1 aliphatic heterocycles. The number of carboxylic acids is 1. The molecule has 1 atom stereocenters. The minimum absolute atomic E-state index is 0.123. The molecule has 0 fully saturated rings. The molecule has 132 valence electrons. The number of hydrogen-bond acceptors (Lipinski definition) is 3. The van der Waals surface area contributed by atoms with Crippen molar-refractivity contribution in [3.05, 3.63) is 29.3 Å². The first-order chi connectivity index (χ1) is 11.0. The highest BCUT2D eigenvalue weighted by Crippen LogP contribution is 2.48. The summed E-state index contributed by atoms with van der Waals surface area (Å²) >= 11 is 5.52. The molecule has 1 aromatic carbocycles. The Labute approximate surface area is 142 Å². The van der Waals surface area contributed by atoms with E-state index in [9.17, 15) is 18.0 Å². The maximum Gasteiger partial charge on any atom is 0.448 e. The molecule has 0 aromatic heterocycles. The zero-order valence-corrected chi connectivity index (χ0v) is 13.8. The van der Waals surface area contributed by atoms with Gasteiger partial charge in [0.25, 0.3) is 0 Å². The molecule has 1 aromatic rings. The molecule has 0 saturated heterocycles. The van der Waals surface area contributed by atoms with Gasteiger partial charge in [0.2, 0.25) is 0 Å². The molecule has 0 aliphatic carbocycles. The van der Waals surface area contributed by atoms with Crippen LogP contribution < -0.4 is 10.1 Å². The Hall–Kier alpha value is -1.89. The quantitative estimate of drug-likeness (QED) is 0.756. The fourth-order valence-electron chi connectivity index (χ4n) is 2.22. The van der Waals surface area contributed by atoms with E-state index in [4.69, 9.17) is 21.4 Å². The largest absolute Gasteiger partial charge is 0.478 e. The summed E-state index contributed by atoms with van der Waals surface area (Å²) in [7, 11) is 0. The number of hydrogen-bond donors (Lipinski definition) is 2. The molecule has 2 rings (SSSR count). The lowest BCUT2D eigenvalue weighted by Crippen LogP contribution is -2.50. The summed E-state index contributed by atoms with van der Waals surface area (Å²) in [6.07, 6.45) is -3.31. The van der Waals surface area contributed by atoms with Gasteiger partial charge in [0.05, 0.1) is 0 Å². The average Bonchev–Trinajstić information content (AvgIpc) is 2.44. The zero-order chi connectivity index (χ0) is 18.1. The Morgan fingerprint density at radius 2 is 2.08 bits per heavy atom. The number of aliphatic carboxylic acids is 1. The second kappa shape index (κ2) is 6.55. The predicted molar refractivity (Wildman–Crippen MR) is 85.3 cm³/mol. The number of ether oxygens (including phenoxy) is 1. The monoisotopic (exact) mass is 363 g/mol. The molecule has 0 bridgehead atoms. The van der Waals surface area contributed by atoms with Crippen LogP contribution in [0.25, 0.3) is 6.08 Å². The predicted octanol–water partition coefficient (Wildman–Crippen LogP) is 4.50. The number of halogens is 4. The van der Waals surface area contributed by atoms with Crippen LogP contribution in [0, 0.1) is 5.92 Å². The SMILES string of the molecule is CC(C)CCNc1ccc2c(c1)OC(Cl)(C(F)(F)F)C(C(=O)O)=C2. The van der Waals surface area contributed by atoms with Crippen molar-refractivity contribution in [2.75, 3.05) is 11.9 Å². The third kappa shape index (κ3) is 3.61. The highest BCUT2D eigenvalue weighted by Gasteiger charge is 2.62. The van der Waals surface area contributed by atoms with Crippen molar-refractivity contribution < 1.29 is 27.8 Å². The van der Waals surface area contributed by atoms with E-state index in [1.165, 1.54) is 12.1 Å². The van der Waals surface area contributed by atoms with Gasteiger partial charge < -0.3 is 15.2 Å². The van der Waals surface area contributed by atoms with Crippen LogP contribution in [0.4, 0.5) is 18.9 Å². The van der Waals surface area contributed by atoms with Crippen molar-refractivity contribution in [2.24, 2.45) is 5.92 Å². The van der Waals surface area contributed by atoms with E-state index in [1.54, 1.807) is 6.07 Å². The van der Waals surface area contributed by atoms with E-state index in [-0.39, 0.29) is 11.3 Å². The second-order valence-electron chi connectivity index (χ2n) is 5.92. The first-order valence-corrected chi connectivity index (χ1v) is 7.70. The van der Waals surface area contributed by atoms with E-state index in [2.05, 4.69) is 19.2 Å². The zero-order valence-electron chi connectivity index (χ0n) is 13.1. The standard InChI is InChI=1S/C16H17ClF3NO3/c1-9(2)5-6-21-11-4-3-10-7-12(14(22)23)15(17,16(18,19)20)24-13(10)8-11/h3-4,7-9,21H,5-6H2,1-2H3,(H,22,23). The molecule has 0 amide bonds. The van der Waals surface area contributed by atoms with Crippen LogP contribution in [0.5, 0.6) is 5.75 Å². The first-order valence-electron chi connectivity index (χ1n) is 7.32. The van der Waals surface area contributed by atoms with Crippen LogP contribution in [-0.4, -0.2) is 28.9 Å². The number of carbonyl (C=O) groups is 1. The molecule has 2 N–H and O–H groups in total. The van der Waals surface area contributed by atoms with E-state index >= 15 is 0 Å². The highest BCUT2D eigenvalue weighted by molar-refractivity contribution is 6.29. The Bertz CT molecular complexity index is 673. The molecule has 0 radical (unpaired) electrons. The minimum Gasteiger partial charge on any atom is -0.478 e. The van der Waals surface area contributed by atoms with Crippen LogP contribution in [0.15, 0.2) is 23.8 Å². The number of anilines is 1. The third-order valence-corrected chi connectivity index (χ3v) is 4.05. The summed E-state index contributed by atoms with van der Waals surface area (Å²) in [5.74, 6) is -1.43. The highest BCUT2D eigenvalue weighted by atomic mass is 35.5. The third-order valence-electron chi connectivity index (χ3n) is 3.56. The van der Waals surface area contributed by atoms with Gasteiger partial charge in [0.15, 0.2) is 0 Å². The van der Waals surface area contributed by atoms with Crippen molar-refractivity contribution in [2.45, 2.75) is 31.5 Å². The van der Waals surface area contributed by atoms with Gasteiger partial charge in [-0.2, -0.15) is 13.2 Å². The summed E-state index contributed by atoms with van der Waals surface area (Å²) in [6, 6.07) is 4.52. The second-order valence-corrected chi connectivity index (χ2v) is 6.45. The van der Waals surface area contributed by atoms with Crippen molar-refractivity contribution in [3.63, 3.8) is 0 Å². The van der Waals surface area contributed by atoms with Gasteiger partial charge in [-0.05, 0) is 30.5 Å². The fraction of sp³-hybridized carbons (Fsp3) is 0.438. The van der Waals surface area contributed by atoms with Gasteiger partial charge in [0.1, 0.15) is 11.3 Å². The van der Waals surface area contributed by atoms with Gasteiger partial charge in [-0.25, -0.2) is 4.79 Å². The van der Waals surface area contributed by atoms with Gasteiger partial charge in [-0.3, -0.25) is 0 Å². The van der Waals surface area contributed by atoms with E-state index in [1.807, 2.05) is 0 Å². The molecule has 8 heteroatoms. The number of rotatable bonds is 5. The van der Waals surface area contributed by atoms with Crippen LogP contribution in [-0.2, 0) is 4.79 Å². The van der Waals surface area contributed by atoms with Gasteiger partial charge >= 0.3 is 17.2 Å². The van der Waals surface area contributed by atoms with Crippen LogP contribution in [0.1, 0.15) is 25.8 Å². The molecular formula is C16H17ClF3NO3. The Balaban J connectivity index is 2.35. The average molecular weight is 364 g/mol. The Morgan fingerprint density at radius 1 is 1.42 bits per heavy atom.